The molecule has 0 bridgehead atoms. The molecule has 1 unspecified atom stereocenters. The largest absolute Gasteiger partial charge is 0.453 e. The molecule has 36 heavy (non-hydrogen) atoms. The summed E-state index contributed by atoms with van der Waals surface area (Å²) in [7, 11) is 1.38. The molecule has 3 saturated heterocycles. The number of hydroxylamine groups is 1. The Balaban J connectivity index is 1.48. The first kappa shape index (κ1) is 26.2. The van der Waals surface area contributed by atoms with E-state index in [0.717, 1.165) is 31.6 Å². The molecular formula is C26H39N5O5. The maximum absolute atomic E-state index is 13.7. The van der Waals surface area contributed by atoms with Gasteiger partial charge >= 0.3 is 6.09 Å². The summed E-state index contributed by atoms with van der Waals surface area (Å²) >= 11 is 0. The smallest absolute Gasteiger partial charge is 0.409 e. The second-order valence-corrected chi connectivity index (χ2v) is 10.0. The van der Waals surface area contributed by atoms with Crippen molar-refractivity contribution in [3.8, 4) is 0 Å². The summed E-state index contributed by atoms with van der Waals surface area (Å²) in [5.41, 5.74) is 2.93. The molecule has 3 heterocycles. The Morgan fingerprint density at radius 2 is 1.72 bits per heavy atom. The zero-order valence-corrected chi connectivity index (χ0v) is 21.1. The maximum atomic E-state index is 13.7. The average Bonchev–Trinajstić information content (AvgIpc) is 2.93. The van der Waals surface area contributed by atoms with Gasteiger partial charge in [0.2, 0.25) is 11.8 Å². The van der Waals surface area contributed by atoms with Gasteiger partial charge in [0.25, 0.3) is 0 Å². The van der Waals surface area contributed by atoms with Crippen molar-refractivity contribution in [3.05, 3.63) is 30.3 Å². The van der Waals surface area contributed by atoms with Crippen molar-refractivity contribution in [2.45, 2.75) is 38.1 Å². The van der Waals surface area contributed by atoms with Crippen LogP contribution in [0.5, 0.6) is 0 Å². The Morgan fingerprint density at radius 1 is 0.972 bits per heavy atom. The third kappa shape index (κ3) is 5.92. The fraction of sp³-hybridized carbons (Fsp3) is 0.654. The number of hydrogen-bond donors (Lipinski definition) is 3. The van der Waals surface area contributed by atoms with Gasteiger partial charge in [-0.2, -0.15) is 0 Å². The van der Waals surface area contributed by atoms with E-state index in [1.165, 1.54) is 7.11 Å². The molecule has 3 aliphatic heterocycles. The van der Waals surface area contributed by atoms with Crippen molar-refractivity contribution in [1.29, 1.82) is 0 Å². The van der Waals surface area contributed by atoms with Crippen LogP contribution in [0.25, 0.3) is 0 Å². The second kappa shape index (κ2) is 12.4. The van der Waals surface area contributed by atoms with Crippen molar-refractivity contribution in [3.63, 3.8) is 0 Å². The van der Waals surface area contributed by atoms with Crippen LogP contribution in [-0.2, 0) is 14.3 Å². The first-order chi connectivity index (χ1) is 17.5. The van der Waals surface area contributed by atoms with E-state index in [1.807, 2.05) is 23.1 Å². The Bertz CT molecular complexity index is 886. The highest BCUT2D eigenvalue weighted by Crippen LogP contribution is 2.33. The number of piperazine rings is 1. The molecule has 0 radical (unpaired) electrons. The molecule has 3 aliphatic rings. The number of nitrogens with one attached hydrogen (secondary N) is 2. The first-order valence-electron chi connectivity index (χ1n) is 13.1. The minimum Gasteiger partial charge on any atom is -0.453 e. The molecule has 3 fully saturated rings. The molecule has 4 rings (SSSR count). The number of methoxy groups -OCH3 is 1. The molecule has 0 aromatic heterocycles. The number of anilines is 1. The number of rotatable bonds is 4. The van der Waals surface area contributed by atoms with Gasteiger partial charge in [-0.15, -0.1) is 0 Å². The fourth-order valence-corrected chi connectivity index (χ4v) is 6.14. The predicted molar refractivity (Wildman–Crippen MR) is 134 cm³/mol. The van der Waals surface area contributed by atoms with Crippen molar-refractivity contribution in [2.24, 2.45) is 17.8 Å². The lowest BCUT2D eigenvalue weighted by atomic mass is 9.78. The summed E-state index contributed by atoms with van der Waals surface area (Å²) < 4.78 is 5.11. The number of para-hydroxylation sites is 1. The minimum absolute atomic E-state index is 0.0790. The number of piperidine rings is 1. The first-order valence-corrected chi connectivity index (χ1v) is 13.1. The number of carbonyl (C=O) groups is 3. The normalized spacial score (nSPS) is 27.6. The van der Waals surface area contributed by atoms with Crippen LogP contribution in [0.4, 0.5) is 10.5 Å². The van der Waals surface area contributed by atoms with Crippen LogP contribution in [0.15, 0.2) is 30.3 Å². The van der Waals surface area contributed by atoms with Crippen molar-refractivity contribution in [2.75, 3.05) is 57.8 Å². The molecule has 10 heteroatoms. The van der Waals surface area contributed by atoms with E-state index in [1.54, 1.807) is 10.4 Å². The van der Waals surface area contributed by atoms with Gasteiger partial charge in [0.05, 0.1) is 18.9 Å². The molecule has 0 saturated carbocycles. The van der Waals surface area contributed by atoms with Crippen LogP contribution in [0.1, 0.15) is 32.1 Å². The summed E-state index contributed by atoms with van der Waals surface area (Å²) in [6.45, 7) is 4.66. The summed E-state index contributed by atoms with van der Waals surface area (Å²) in [5.74, 6) is -1.61. The highest BCUT2D eigenvalue weighted by Gasteiger charge is 2.42. The maximum Gasteiger partial charge on any atom is 0.409 e. The van der Waals surface area contributed by atoms with Crippen LogP contribution in [0, 0.1) is 17.8 Å². The van der Waals surface area contributed by atoms with E-state index in [-0.39, 0.29) is 17.9 Å². The standard InChI is InChI=1S/C26H39N5O5/c1-36-26(34)31-13-11-22(21(24(32)28-35)9-10-23(31)19-6-5-12-27-18-19)25(33)30-16-14-29(15-17-30)20-7-3-2-4-8-20/h2-4,7-8,19,21-23,27,35H,5-6,9-18H2,1H3,(H,28,32)/t19-,21-,22-,23?/m0/s1. The van der Waals surface area contributed by atoms with E-state index in [4.69, 9.17) is 4.74 Å². The number of nitrogens with zero attached hydrogens (tertiary/aromatic N) is 3. The third-order valence-electron chi connectivity index (χ3n) is 8.11. The molecular weight excluding hydrogens is 462 g/mol. The minimum atomic E-state index is -0.645. The molecule has 10 nitrogen and oxygen atoms in total. The number of carbonyl (C=O) groups excluding carboxylic acids is 3. The highest BCUT2D eigenvalue weighted by atomic mass is 16.5. The monoisotopic (exact) mass is 501 g/mol. The van der Waals surface area contributed by atoms with Crippen LogP contribution in [0.3, 0.4) is 0 Å². The SMILES string of the molecule is COC(=O)N1CC[C@H](C(=O)N2CCN(c3ccccc3)CC2)[C@@H](C(=O)NO)CCC1[C@H]1CCCNC1. The summed E-state index contributed by atoms with van der Waals surface area (Å²) in [6.07, 6.45) is 2.98. The molecule has 3 N–H and O–H groups in total. The summed E-state index contributed by atoms with van der Waals surface area (Å²) in [5, 5.41) is 12.9. The Labute approximate surface area is 212 Å². The van der Waals surface area contributed by atoms with E-state index < -0.39 is 23.8 Å². The highest BCUT2D eigenvalue weighted by molar-refractivity contribution is 5.87. The van der Waals surface area contributed by atoms with Crippen molar-refractivity contribution in [1.82, 2.24) is 20.6 Å². The Kier molecular flexibility index (Phi) is 9.03. The van der Waals surface area contributed by atoms with Crippen LogP contribution < -0.4 is 15.7 Å². The Hall–Kier alpha value is -2.85. The average molecular weight is 502 g/mol. The topological polar surface area (TPSA) is 114 Å². The molecule has 0 spiro atoms. The lowest BCUT2D eigenvalue weighted by Crippen LogP contribution is -2.55. The van der Waals surface area contributed by atoms with Gasteiger partial charge in [-0.25, -0.2) is 10.3 Å². The second-order valence-electron chi connectivity index (χ2n) is 10.0. The fourth-order valence-electron chi connectivity index (χ4n) is 6.14. The number of hydrogen-bond acceptors (Lipinski definition) is 7. The Morgan fingerprint density at radius 3 is 2.36 bits per heavy atom. The summed E-state index contributed by atoms with van der Waals surface area (Å²) in [6, 6.07) is 10.0. The van der Waals surface area contributed by atoms with Crippen LogP contribution in [0.2, 0.25) is 0 Å². The lowest BCUT2D eigenvalue weighted by Gasteiger charge is -2.43. The van der Waals surface area contributed by atoms with Crippen molar-refractivity contribution >= 4 is 23.6 Å². The van der Waals surface area contributed by atoms with E-state index in [2.05, 4.69) is 22.3 Å². The van der Waals surface area contributed by atoms with Gasteiger partial charge in [0.15, 0.2) is 0 Å². The van der Waals surface area contributed by atoms with Gasteiger partial charge in [-0.3, -0.25) is 14.8 Å². The molecule has 1 aromatic rings. The van der Waals surface area contributed by atoms with Gasteiger partial charge in [-0.1, -0.05) is 18.2 Å². The van der Waals surface area contributed by atoms with Gasteiger partial charge in [0, 0.05) is 44.5 Å². The number of benzene rings is 1. The predicted octanol–water partition coefficient (Wildman–Crippen LogP) is 1.69. The molecule has 1 aromatic carbocycles. The number of likely N-dealkylation sites (tertiary alicyclic amines) is 1. The molecule has 198 valence electrons. The third-order valence-corrected chi connectivity index (χ3v) is 8.11. The van der Waals surface area contributed by atoms with Gasteiger partial charge in [0.1, 0.15) is 0 Å². The zero-order valence-electron chi connectivity index (χ0n) is 21.1. The van der Waals surface area contributed by atoms with Gasteiger partial charge in [-0.05, 0) is 63.2 Å². The van der Waals surface area contributed by atoms with E-state index in [9.17, 15) is 19.6 Å². The molecule has 0 aliphatic carbocycles. The van der Waals surface area contributed by atoms with Crippen LogP contribution in [-0.4, -0.2) is 91.9 Å². The van der Waals surface area contributed by atoms with E-state index >= 15 is 0 Å². The number of ether oxygens (including phenoxy) is 1. The quantitative estimate of drug-likeness (QED) is 0.425. The zero-order chi connectivity index (χ0) is 25.5. The molecule has 3 amide bonds. The van der Waals surface area contributed by atoms with Gasteiger partial charge < -0.3 is 24.8 Å². The van der Waals surface area contributed by atoms with Crippen molar-refractivity contribution < 1.29 is 24.3 Å². The van der Waals surface area contributed by atoms with Crippen LogP contribution >= 0.6 is 0 Å². The summed E-state index contributed by atoms with van der Waals surface area (Å²) in [4.78, 5) is 45.1. The number of amides is 3. The molecule has 4 atom stereocenters. The lowest BCUT2D eigenvalue weighted by molar-refractivity contribution is -0.147. The van der Waals surface area contributed by atoms with E-state index in [0.29, 0.717) is 52.0 Å².